The number of hydrogen-bond donors (Lipinski definition) is 3. The standard InChI is InChI=1S/C22H30N4O2/c1-14-19-17(15(12-27)11-24-14)18(25-16-9-7-8-10-23-16)20(28-19)26-22(5,6)13-21(2,3)4/h7-11,26-27H,12-13H2,1-6H3,(H,23,25). The van der Waals surface area contributed by atoms with Gasteiger partial charge in [0, 0.05) is 23.5 Å². The Balaban J connectivity index is 2.13. The van der Waals surface area contributed by atoms with Crippen LogP contribution < -0.4 is 10.6 Å². The first-order valence-corrected chi connectivity index (χ1v) is 9.58. The zero-order valence-corrected chi connectivity index (χ0v) is 17.6. The van der Waals surface area contributed by atoms with E-state index in [-0.39, 0.29) is 17.6 Å². The van der Waals surface area contributed by atoms with Crippen molar-refractivity contribution in [2.45, 2.75) is 60.1 Å². The van der Waals surface area contributed by atoms with Crippen LogP contribution in [-0.4, -0.2) is 20.6 Å². The lowest BCUT2D eigenvalue weighted by molar-refractivity contribution is 0.283. The lowest BCUT2D eigenvalue weighted by Crippen LogP contribution is -2.35. The summed E-state index contributed by atoms with van der Waals surface area (Å²) in [5.41, 5.74) is 2.88. The molecule has 28 heavy (non-hydrogen) atoms. The number of hydrogen-bond acceptors (Lipinski definition) is 6. The van der Waals surface area contributed by atoms with Crippen molar-refractivity contribution in [3.8, 4) is 0 Å². The molecule has 0 spiro atoms. The number of furan rings is 1. The highest BCUT2D eigenvalue weighted by atomic mass is 16.4. The van der Waals surface area contributed by atoms with Crippen LogP contribution in [0.2, 0.25) is 0 Å². The number of aliphatic hydroxyl groups is 1. The first-order chi connectivity index (χ1) is 13.1. The molecule has 0 aliphatic carbocycles. The van der Waals surface area contributed by atoms with Gasteiger partial charge in [-0.3, -0.25) is 4.98 Å². The van der Waals surface area contributed by atoms with Gasteiger partial charge in [-0.2, -0.15) is 0 Å². The predicted octanol–water partition coefficient (Wildman–Crippen LogP) is 5.39. The number of aliphatic hydroxyl groups excluding tert-OH is 1. The average molecular weight is 383 g/mol. The fourth-order valence-corrected chi connectivity index (χ4v) is 3.86. The molecule has 6 nitrogen and oxygen atoms in total. The molecule has 0 unspecified atom stereocenters. The summed E-state index contributed by atoms with van der Waals surface area (Å²) in [6, 6.07) is 5.70. The van der Waals surface area contributed by atoms with Gasteiger partial charge in [-0.05, 0) is 44.7 Å². The van der Waals surface area contributed by atoms with E-state index >= 15 is 0 Å². The molecular weight excluding hydrogens is 352 g/mol. The van der Waals surface area contributed by atoms with Gasteiger partial charge in [0.1, 0.15) is 11.5 Å². The number of aryl methyl sites for hydroxylation is 1. The zero-order valence-electron chi connectivity index (χ0n) is 17.6. The van der Waals surface area contributed by atoms with E-state index in [2.05, 4.69) is 55.2 Å². The monoisotopic (exact) mass is 382 g/mol. The molecule has 0 amide bonds. The lowest BCUT2D eigenvalue weighted by Gasteiger charge is -2.33. The van der Waals surface area contributed by atoms with Crippen LogP contribution in [0.3, 0.4) is 0 Å². The number of nitrogens with one attached hydrogen (secondary N) is 2. The van der Waals surface area contributed by atoms with Crippen LogP contribution in [0.5, 0.6) is 0 Å². The molecule has 3 heterocycles. The van der Waals surface area contributed by atoms with Crippen LogP contribution in [0.25, 0.3) is 11.0 Å². The van der Waals surface area contributed by atoms with Gasteiger partial charge in [0.2, 0.25) is 5.88 Å². The molecule has 0 aliphatic rings. The molecule has 0 radical (unpaired) electrons. The van der Waals surface area contributed by atoms with Gasteiger partial charge in [-0.25, -0.2) is 4.98 Å². The first kappa shape index (κ1) is 20.1. The maximum absolute atomic E-state index is 9.87. The van der Waals surface area contributed by atoms with E-state index in [0.29, 0.717) is 22.8 Å². The average Bonchev–Trinajstić information content (AvgIpc) is 2.93. The van der Waals surface area contributed by atoms with E-state index in [1.54, 1.807) is 12.4 Å². The maximum atomic E-state index is 9.87. The van der Waals surface area contributed by atoms with E-state index in [0.717, 1.165) is 23.2 Å². The smallest absolute Gasteiger partial charge is 0.218 e. The molecule has 150 valence electrons. The molecule has 0 bridgehead atoms. The van der Waals surface area contributed by atoms with Crippen LogP contribution in [0, 0.1) is 12.3 Å². The minimum atomic E-state index is -0.201. The summed E-state index contributed by atoms with van der Waals surface area (Å²) in [7, 11) is 0. The van der Waals surface area contributed by atoms with E-state index < -0.39 is 0 Å². The van der Waals surface area contributed by atoms with Crippen LogP contribution in [-0.2, 0) is 6.61 Å². The van der Waals surface area contributed by atoms with E-state index in [9.17, 15) is 5.11 Å². The van der Waals surface area contributed by atoms with Crippen molar-refractivity contribution in [1.29, 1.82) is 0 Å². The highest BCUT2D eigenvalue weighted by molar-refractivity contribution is 6.01. The Morgan fingerprint density at radius 3 is 2.46 bits per heavy atom. The minimum Gasteiger partial charge on any atom is -0.436 e. The van der Waals surface area contributed by atoms with E-state index in [1.807, 2.05) is 25.1 Å². The van der Waals surface area contributed by atoms with Crippen LogP contribution in [0.4, 0.5) is 17.4 Å². The molecule has 6 heteroatoms. The lowest BCUT2D eigenvalue weighted by atomic mass is 9.82. The second-order valence-corrected chi connectivity index (χ2v) is 9.12. The summed E-state index contributed by atoms with van der Waals surface area (Å²) >= 11 is 0. The molecule has 0 fully saturated rings. The Bertz CT molecular complexity index is 956. The number of nitrogens with zero attached hydrogens (tertiary/aromatic N) is 2. The predicted molar refractivity (Wildman–Crippen MR) is 114 cm³/mol. The number of aromatic nitrogens is 2. The Labute approximate surface area is 166 Å². The van der Waals surface area contributed by atoms with Crippen molar-refractivity contribution in [1.82, 2.24) is 9.97 Å². The second-order valence-electron chi connectivity index (χ2n) is 9.12. The van der Waals surface area contributed by atoms with Gasteiger partial charge >= 0.3 is 0 Å². The molecule has 0 atom stereocenters. The quantitative estimate of drug-likeness (QED) is 0.530. The summed E-state index contributed by atoms with van der Waals surface area (Å²) in [6.07, 6.45) is 4.38. The summed E-state index contributed by atoms with van der Waals surface area (Å²) in [4.78, 5) is 8.75. The molecule has 3 aromatic rings. The minimum absolute atomic E-state index is 0.120. The Morgan fingerprint density at radius 2 is 1.86 bits per heavy atom. The van der Waals surface area contributed by atoms with Crippen molar-refractivity contribution in [2.24, 2.45) is 5.41 Å². The zero-order chi connectivity index (χ0) is 20.5. The topological polar surface area (TPSA) is 83.2 Å². The van der Waals surface area contributed by atoms with Crippen LogP contribution >= 0.6 is 0 Å². The third-order valence-electron chi connectivity index (χ3n) is 4.48. The van der Waals surface area contributed by atoms with Gasteiger partial charge in [0.15, 0.2) is 5.58 Å². The molecular formula is C22H30N4O2. The molecule has 0 saturated carbocycles. The van der Waals surface area contributed by atoms with Gasteiger partial charge in [0.25, 0.3) is 0 Å². The normalized spacial score (nSPS) is 12.4. The molecule has 0 aliphatic heterocycles. The summed E-state index contributed by atoms with van der Waals surface area (Å²) in [5.74, 6) is 1.33. The molecule has 0 saturated heterocycles. The molecule has 3 N–H and O–H groups in total. The highest BCUT2D eigenvalue weighted by Gasteiger charge is 2.29. The molecule has 3 aromatic heterocycles. The molecule has 3 rings (SSSR count). The van der Waals surface area contributed by atoms with Crippen molar-refractivity contribution >= 4 is 28.4 Å². The Kier molecular flexibility index (Phi) is 5.35. The first-order valence-electron chi connectivity index (χ1n) is 9.58. The van der Waals surface area contributed by atoms with E-state index in [4.69, 9.17) is 4.42 Å². The SMILES string of the molecule is Cc1ncc(CO)c2c(Nc3ccccn3)c(NC(C)(C)CC(C)(C)C)oc12. The van der Waals surface area contributed by atoms with Crippen molar-refractivity contribution in [2.75, 3.05) is 10.6 Å². The summed E-state index contributed by atoms with van der Waals surface area (Å²) in [5, 5.41) is 17.6. The summed E-state index contributed by atoms with van der Waals surface area (Å²) in [6.45, 7) is 12.8. The number of rotatable bonds is 6. The Morgan fingerprint density at radius 1 is 1.11 bits per heavy atom. The fourth-order valence-electron chi connectivity index (χ4n) is 3.86. The van der Waals surface area contributed by atoms with Gasteiger partial charge in [0.05, 0.1) is 17.7 Å². The fraction of sp³-hybridized carbons (Fsp3) is 0.455. The van der Waals surface area contributed by atoms with Crippen molar-refractivity contribution in [3.63, 3.8) is 0 Å². The van der Waals surface area contributed by atoms with E-state index in [1.165, 1.54) is 0 Å². The third-order valence-corrected chi connectivity index (χ3v) is 4.48. The van der Waals surface area contributed by atoms with Gasteiger partial charge < -0.3 is 20.2 Å². The van der Waals surface area contributed by atoms with Gasteiger partial charge in [-0.1, -0.05) is 26.8 Å². The Hall–Kier alpha value is -2.60. The molecule has 0 aromatic carbocycles. The van der Waals surface area contributed by atoms with Crippen LogP contribution in [0.1, 0.15) is 52.3 Å². The highest BCUT2D eigenvalue weighted by Crippen LogP contribution is 2.42. The second kappa shape index (κ2) is 7.43. The summed E-state index contributed by atoms with van der Waals surface area (Å²) < 4.78 is 6.22. The number of fused-ring (bicyclic) bond motifs is 1. The van der Waals surface area contributed by atoms with Crippen molar-refractivity contribution < 1.29 is 9.52 Å². The number of anilines is 3. The third kappa shape index (κ3) is 4.44. The van der Waals surface area contributed by atoms with Gasteiger partial charge in [-0.15, -0.1) is 0 Å². The van der Waals surface area contributed by atoms with Crippen LogP contribution in [0.15, 0.2) is 35.0 Å². The largest absolute Gasteiger partial charge is 0.436 e. The number of pyridine rings is 2. The maximum Gasteiger partial charge on any atom is 0.218 e. The van der Waals surface area contributed by atoms with Crippen molar-refractivity contribution in [3.05, 3.63) is 41.9 Å².